The molecule has 0 aromatic heterocycles. The first-order valence-electron chi connectivity index (χ1n) is 13.2. The molecule has 0 saturated carbocycles. The molecular weight excluding hydrogens is 562 g/mol. The number of nitrogens with zero attached hydrogens (tertiary/aromatic N) is 1. The van der Waals surface area contributed by atoms with Gasteiger partial charge in [0.25, 0.3) is 0 Å². The first kappa shape index (κ1) is 34.0. The molecule has 0 unspecified atom stereocenters. The molecule has 0 aliphatic heterocycles. The molecule has 3 aromatic rings. The van der Waals surface area contributed by atoms with Crippen molar-refractivity contribution in [3.05, 3.63) is 102 Å². The number of halogens is 1. The summed E-state index contributed by atoms with van der Waals surface area (Å²) in [6, 6.07) is 29.4. The van der Waals surface area contributed by atoms with Crippen molar-refractivity contribution < 1.29 is 44.3 Å². The van der Waals surface area contributed by atoms with E-state index in [1.807, 2.05) is 12.1 Å². The van der Waals surface area contributed by atoms with Crippen molar-refractivity contribution in [1.82, 2.24) is 0 Å². The number of hydroxylamine groups is 3. The highest BCUT2D eigenvalue weighted by Gasteiger charge is 2.40. The molecule has 42 heavy (non-hydrogen) atoms. The molecule has 0 amide bonds. The first-order valence-corrected chi connectivity index (χ1v) is 13.8. The minimum Gasteiger partial charge on any atom is -0.481 e. The topological polar surface area (TPSA) is 141 Å². The van der Waals surface area contributed by atoms with E-state index in [9.17, 15) is 14.4 Å². The molecule has 9 nitrogen and oxygen atoms in total. The summed E-state index contributed by atoms with van der Waals surface area (Å²) < 4.78 is 0.488. The first-order chi connectivity index (χ1) is 19.8. The number of carbonyl (C=O) groups is 3. The Balaban J connectivity index is 0.000000401. The Kier molecular flexibility index (Phi) is 12.7. The Bertz CT molecular complexity index is 1340. The Morgan fingerprint density at radius 1 is 0.762 bits per heavy atom. The van der Waals surface area contributed by atoms with Crippen LogP contribution in [0.4, 0.5) is 0 Å². The zero-order valence-electron chi connectivity index (χ0n) is 23.9. The van der Waals surface area contributed by atoms with Crippen LogP contribution in [-0.4, -0.2) is 75.1 Å². The van der Waals surface area contributed by atoms with Crippen molar-refractivity contribution in [2.24, 2.45) is 0 Å². The third-order valence-corrected chi connectivity index (χ3v) is 6.56. The van der Waals surface area contributed by atoms with Gasteiger partial charge in [-0.2, -0.15) is 0 Å². The van der Waals surface area contributed by atoms with Crippen molar-refractivity contribution in [2.75, 3.05) is 26.5 Å². The molecular formula is C32H37ClNO8+. The summed E-state index contributed by atoms with van der Waals surface area (Å²) in [5.41, 5.74) is 3.29. The molecule has 224 valence electrons. The van der Waals surface area contributed by atoms with E-state index in [0.29, 0.717) is 10.5 Å². The zero-order chi connectivity index (χ0) is 31.3. The van der Waals surface area contributed by atoms with Crippen molar-refractivity contribution >= 4 is 40.7 Å². The van der Waals surface area contributed by atoms with Crippen molar-refractivity contribution in [2.45, 2.75) is 31.8 Å². The Morgan fingerprint density at radius 2 is 1.21 bits per heavy atom. The van der Waals surface area contributed by atoms with Gasteiger partial charge in [0.05, 0.1) is 12.8 Å². The number of carboxylic acid groups (broad SMARTS) is 3. The number of allylic oxidation sites excluding steroid dienone is 1. The predicted octanol–water partition coefficient (Wildman–Crippen LogP) is 5.42. The van der Waals surface area contributed by atoms with Crippen LogP contribution in [0.2, 0.25) is 0 Å². The third kappa shape index (κ3) is 10.3. The number of rotatable bonds is 13. The maximum atomic E-state index is 10.3. The quantitative estimate of drug-likeness (QED) is 0.0885. The van der Waals surface area contributed by atoms with Gasteiger partial charge in [-0.1, -0.05) is 72.8 Å². The van der Waals surface area contributed by atoms with Crippen LogP contribution in [0.25, 0.3) is 11.1 Å². The second kappa shape index (κ2) is 15.7. The van der Waals surface area contributed by atoms with Crippen molar-refractivity contribution in [1.29, 1.82) is 0 Å². The van der Waals surface area contributed by atoms with E-state index in [4.69, 9.17) is 36.9 Å². The van der Waals surface area contributed by atoms with Crippen LogP contribution in [0.5, 0.6) is 5.75 Å². The van der Waals surface area contributed by atoms with E-state index in [-0.39, 0.29) is 0 Å². The molecule has 0 fully saturated rings. The molecule has 0 bridgehead atoms. The average Bonchev–Trinajstić information content (AvgIpc) is 2.94. The molecule has 0 radical (unpaired) electrons. The lowest BCUT2D eigenvalue weighted by Crippen LogP contribution is -2.42. The van der Waals surface area contributed by atoms with Crippen LogP contribution in [0.3, 0.4) is 0 Å². The molecule has 0 atom stereocenters. The SMILES string of the molecule is CC[N+](C)(C)Oc1ccc(C(=C(CCCl)c2ccccc2)c2ccccc2)cc1.O=C(O)CC(O)(CC(=O)O)C(=O)O. The minimum atomic E-state index is -2.74. The Labute approximate surface area is 250 Å². The molecule has 10 heteroatoms. The number of quaternary nitrogens is 1. The van der Waals surface area contributed by atoms with Crippen LogP contribution in [-0.2, 0) is 14.4 Å². The van der Waals surface area contributed by atoms with Gasteiger partial charge in [-0.3, -0.25) is 9.59 Å². The van der Waals surface area contributed by atoms with E-state index in [0.717, 1.165) is 24.3 Å². The highest BCUT2D eigenvalue weighted by molar-refractivity contribution is 6.18. The fourth-order valence-corrected chi connectivity index (χ4v) is 4.20. The van der Waals surface area contributed by atoms with Gasteiger partial charge in [0, 0.05) is 5.88 Å². The lowest BCUT2D eigenvalue weighted by Gasteiger charge is -2.26. The smallest absolute Gasteiger partial charge is 0.336 e. The number of aliphatic hydroxyl groups is 1. The van der Waals surface area contributed by atoms with Gasteiger partial charge >= 0.3 is 17.9 Å². The van der Waals surface area contributed by atoms with E-state index in [2.05, 4.69) is 93.8 Å². The molecule has 0 aliphatic carbocycles. The third-order valence-electron chi connectivity index (χ3n) is 6.37. The summed E-state index contributed by atoms with van der Waals surface area (Å²) in [4.78, 5) is 36.6. The summed E-state index contributed by atoms with van der Waals surface area (Å²) in [5, 5.41) is 33.8. The number of hydrogen-bond donors (Lipinski definition) is 4. The van der Waals surface area contributed by atoms with Gasteiger partial charge in [-0.25, -0.2) is 4.79 Å². The summed E-state index contributed by atoms with van der Waals surface area (Å²) in [6.07, 6.45) is -1.49. The van der Waals surface area contributed by atoms with Gasteiger partial charge < -0.3 is 25.3 Å². The number of aliphatic carboxylic acids is 3. The molecule has 0 spiro atoms. The van der Waals surface area contributed by atoms with Gasteiger partial charge in [-0.15, -0.1) is 16.2 Å². The molecule has 3 rings (SSSR count). The van der Waals surface area contributed by atoms with Gasteiger partial charge in [0.15, 0.2) is 11.4 Å². The molecule has 4 N–H and O–H groups in total. The Hall–Kier alpha value is -4.18. The second-order valence-electron chi connectivity index (χ2n) is 10.0. The maximum absolute atomic E-state index is 10.3. The lowest BCUT2D eigenvalue weighted by molar-refractivity contribution is -1.05. The fraction of sp³-hybridized carbons (Fsp3) is 0.281. The van der Waals surface area contributed by atoms with Crippen molar-refractivity contribution in [3.8, 4) is 5.75 Å². The summed E-state index contributed by atoms with van der Waals surface area (Å²) in [7, 11) is 4.11. The number of benzene rings is 3. The number of carboxylic acids is 3. The summed E-state index contributed by atoms with van der Waals surface area (Å²) in [5.74, 6) is -3.58. The van der Waals surface area contributed by atoms with E-state index < -0.39 is 36.4 Å². The van der Waals surface area contributed by atoms with Crippen LogP contribution < -0.4 is 4.84 Å². The Morgan fingerprint density at radius 3 is 1.62 bits per heavy atom. The molecule has 0 heterocycles. The standard InChI is InChI=1S/C26H29ClNO.C6H8O7/c1-4-28(2,3)29-24-17-15-23(16-18-24)26(22-13-9-6-10-14-22)25(19-20-27)21-11-7-5-8-12-21;7-3(8)1-6(13,5(11)12)2-4(9)10/h5-18H,4,19-20H2,1-3H3;13H,1-2H2,(H,7,8)(H,9,10)(H,11,12)/q+1;. The average molecular weight is 599 g/mol. The highest BCUT2D eigenvalue weighted by Crippen LogP contribution is 2.35. The monoisotopic (exact) mass is 598 g/mol. The van der Waals surface area contributed by atoms with Crippen LogP contribution in [0.15, 0.2) is 84.9 Å². The largest absolute Gasteiger partial charge is 0.481 e. The van der Waals surface area contributed by atoms with Gasteiger partial charge in [0.2, 0.25) is 0 Å². The highest BCUT2D eigenvalue weighted by atomic mass is 35.5. The second-order valence-corrected chi connectivity index (χ2v) is 10.4. The minimum absolute atomic E-state index is 0.488. The maximum Gasteiger partial charge on any atom is 0.336 e. The number of alkyl halides is 1. The van der Waals surface area contributed by atoms with E-state index in [1.54, 1.807) is 0 Å². The van der Waals surface area contributed by atoms with E-state index >= 15 is 0 Å². The van der Waals surface area contributed by atoms with Gasteiger partial charge in [0.1, 0.15) is 20.6 Å². The molecule has 0 aliphatic rings. The predicted molar refractivity (Wildman–Crippen MR) is 161 cm³/mol. The molecule has 3 aromatic carbocycles. The van der Waals surface area contributed by atoms with Crippen LogP contribution in [0, 0.1) is 0 Å². The summed E-state index contributed by atoms with van der Waals surface area (Å²) in [6.45, 7) is 3.01. The normalized spacial score (nSPS) is 11.9. The lowest BCUT2D eigenvalue weighted by atomic mass is 9.88. The molecule has 0 saturated heterocycles. The van der Waals surface area contributed by atoms with Crippen LogP contribution in [0.1, 0.15) is 42.9 Å². The van der Waals surface area contributed by atoms with Crippen molar-refractivity contribution in [3.63, 3.8) is 0 Å². The van der Waals surface area contributed by atoms with Gasteiger partial charge in [-0.05, 0) is 53.3 Å². The zero-order valence-corrected chi connectivity index (χ0v) is 24.6. The van der Waals surface area contributed by atoms with Crippen LogP contribution >= 0.6 is 11.6 Å². The summed E-state index contributed by atoms with van der Waals surface area (Å²) >= 11 is 6.22. The van der Waals surface area contributed by atoms with E-state index in [1.165, 1.54) is 22.3 Å². The number of hydrogen-bond acceptors (Lipinski definition) is 5. The fourth-order valence-electron chi connectivity index (χ4n) is 4.01.